The normalized spacial score (nSPS) is 17.6. The highest BCUT2D eigenvalue weighted by atomic mass is 35.5. The van der Waals surface area contributed by atoms with Gasteiger partial charge in [-0.3, -0.25) is 4.99 Å². The van der Waals surface area contributed by atoms with Crippen LogP contribution in [-0.2, 0) is 6.42 Å². The second-order valence-electron chi connectivity index (χ2n) is 4.84. The molecular weight excluding hydrogens is 307 g/mol. The average Bonchev–Trinajstić information content (AvgIpc) is 2.91. The van der Waals surface area contributed by atoms with Crippen molar-refractivity contribution in [1.82, 2.24) is 0 Å². The van der Waals surface area contributed by atoms with Gasteiger partial charge in [-0.25, -0.2) is 4.39 Å². The van der Waals surface area contributed by atoms with Crippen LogP contribution in [0.2, 0.25) is 5.02 Å². The zero-order chi connectivity index (χ0) is 14.7. The third kappa shape index (κ3) is 3.77. The van der Waals surface area contributed by atoms with Crippen molar-refractivity contribution < 1.29 is 4.39 Å². The van der Waals surface area contributed by atoms with Gasteiger partial charge in [-0.2, -0.15) is 0 Å². The summed E-state index contributed by atoms with van der Waals surface area (Å²) in [4.78, 5) is 4.61. The third-order valence-electron chi connectivity index (χ3n) is 3.20. The van der Waals surface area contributed by atoms with E-state index < -0.39 is 0 Å². The lowest BCUT2D eigenvalue weighted by Gasteiger charge is -2.06. The molecule has 2 aromatic carbocycles. The fourth-order valence-electron chi connectivity index (χ4n) is 2.18. The van der Waals surface area contributed by atoms with Crippen LogP contribution in [0.3, 0.4) is 0 Å². The van der Waals surface area contributed by atoms with E-state index in [2.05, 4.69) is 22.4 Å². The Hall–Kier alpha value is -1.52. The molecule has 0 spiro atoms. The van der Waals surface area contributed by atoms with Gasteiger partial charge in [0.2, 0.25) is 0 Å². The molecule has 1 aliphatic rings. The fraction of sp³-hybridized carbons (Fsp3) is 0.188. The molecule has 21 heavy (non-hydrogen) atoms. The Morgan fingerprint density at radius 3 is 2.86 bits per heavy atom. The molecule has 108 valence electrons. The fourth-order valence-corrected chi connectivity index (χ4v) is 3.30. The molecule has 0 saturated heterocycles. The monoisotopic (exact) mass is 320 g/mol. The molecule has 2 aromatic rings. The summed E-state index contributed by atoms with van der Waals surface area (Å²) in [5.41, 5.74) is 1.64. The molecule has 1 unspecified atom stereocenters. The summed E-state index contributed by atoms with van der Waals surface area (Å²) in [5, 5.41) is 4.27. The van der Waals surface area contributed by atoms with Crippen LogP contribution in [-0.4, -0.2) is 17.0 Å². The Morgan fingerprint density at radius 1 is 1.24 bits per heavy atom. The molecule has 0 saturated carbocycles. The summed E-state index contributed by atoms with van der Waals surface area (Å²) >= 11 is 7.49. The molecule has 0 aromatic heterocycles. The highest BCUT2D eigenvalue weighted by Crippen LogP contribution is 2.25. The molecule has 0 fully saturated rings. The molecule has 3 rings (SSSR count). The number of nitrogens with one attached hydrogen (secondary N) is 1. The molecule has 0 aliphatic carbocycles. The van der Waals surface area contributed by atoms with E-state index in [1.807, 2.05) is 18.2 Å². The maximum absolute atomic E-state index is 13.7. The first-order valence-corrected chi connectivity index (χ1v) is 8.03. The maximum atomic E-state index is 13.7. The number of benzene rings is 2. The van der Waals surface area contributed by atoms with E-state index in [-0.39, 0.29) is 11.9 Å². The van der Waals surface area contributed by atoms with Gasteiger partial charge in [-0.05, 0) is 30.2 Å². The predicted molar refractivity (Wildman–Crippen MR) is 88.9 cm³/mol. The molecule has 2 nitrogen and oxygen atoms in total. The van der Waals surface area contributed by atoms with E-state index in [1.165, 1.54) is 17.7 Å². The standard InChI is InChI=1S/C16H14ClFN2S/c17-12-6-7-14(18)15(9-12)20-16-19-13(10-21-16)8-11-4-2-1-3-5-11/h1-7,9,13H,8,10H2,(H,19,20). The number of hydrogen-bond donors (Lipinski definition) is 1. The van der Waals surface area contributed by atoms with Crippen molar-refractivity contribution in [1.29, 1.82) is 0 Å². The van der Waals surface area contributed by atoms with Crippen molar-refractivity contribution in [3.05, 3.63) is 64.9 Å². The number of rotatable bonds is 3. The quantitative estimate of drug-likeness (QED) is 0.893. The lowest BCUT2D eigenvalue weighted by atomic mass is 10.1. The van der Waals surface area contributed by atoms with Crippen LogP contribution in [0, 0.1) is 5.82 Å². The third-order valence-corrected chi connectivity index (χ3v) is 4.46. The van der Waals surface area contributed by atoms with Gasteiger partial charge in [0.15, 0.2) is 5.17 Å². The van der Waals surface area contributed by atoms with Gasteiger partial charge in [0.05, 0.1) is 11.7 Å². The number of anilines is 1. The first-order valence-electron chi connectivity index (χ1n) is 6.67. The van der Waals surface area contributed by atoms with Crippen molar-refractivity contribution in [3.63, 3.8) is 0 Å². The van der Waals surface area contributed by atoms with Gasteiger partial charge in [-0.1, -0.05) is 53.7 Å². The Morgan fingerprint density at radius 2 is 2.05 bits per heavy atom. The van der Waals surface area contributed by atoms with Crippen molar-refractivity contribution in [2.75, 3.05) is 11.1 Å². The van der Waals surface area contributed by atoms with E-state index in [9.17, 15) is 4.39 Å². The predicted octanol–water partition coefficient (Wildman–Crippen LogP) is 4.61. The van der Waals surface area contributed by atoms with Crippen LogP contribution in [0.25, 0.3) is 0 Å². The van der Waals surface area contributed by atoms with Crippen molar-refractivity contribution in [2.24, 2.45) is 4.99 Å². The number of amidine groups is 1. The summed E-state index contributed by atoms with van der Waals surface area (Å²) in [6, 6.07) is 14.9. The van der Waals surface area contributed by atoms with Gasteiger partial charge in [0, 0.05) is 10.8 Å². The minimum Gasteiger partial charge on any atom is -0.333 e. The van der Waals surface area contributed by atoms with Crippen LogP contribution in [0.1, 0.15) is 5.56 Å². The molecule has 0 amide bonds. The minimum absolute atomic E-state index is 0.224. The van der Waals surface area contributed by atoms with Crippen molar-refractivity contribution >= 4 is 34.2 Å². The Labute approximate surface area is 132 Å². The van der Waals surface area contributed by atoms with Crippen LogP contribution >= 0.6 is 23.4 Å². The summed E-state index contributed by atoms with van der Waals surface area (Å²) < 4.78 is 13.7. The van der Waals surface area contributed by atoms with Gasteiger partial charge < -0.3 is 5.32 Å². The number of hydrogen-bond acceptors (Lipinski definition) is 3. The highest BCUT2D eigenvalue weighted by molar-refractivity contribution is 8.14. The van der Waals surface area contributed by atoms with E-state index in [4.69, 9.17) is 11.6 Å². The molecule has 0 bridgehead atoms. The van der Waals surface area contributed by atoms with Crippen molar-refractivity contribution in [2.45, 2.75) is 12.5 Å². The second-order valence-corrected chi connectivity index (χ2v) is 6.28. The number of thioether (sulfide) groups is 1. The highest BCUT2D eigenvalue weighted by Gasteiger charge is 2.19. The first-order chi connectivity index (χ1) is 10.2. The minimum atomic E-state index is -0.325. The molecule has 1 aliphatic heterocycles. The van der Waals surface area contributed by atoms with E-state index in [0.29, 0.717) is 10.7 Å². The summed E-state index contributed by atoms with van der Waals surface area (Å²) in [7, 11) is 0. The van der Waals surface area contributed by atoms with Gasteiger partial charge in [-0.15, -0.1) is 0 Å². The summed E-state index contributed by atoms with van der Waals surface area (Å²) in [5.74, 6) is 0.577. The zero-order valence-electron chi connectivity index (χ0n) is 11.2. The van der Waals surface area contributed by atoms with E-state index in [0.717, 1.165) is 17.3 Å². The maximum Gasteiger partial charge on any atom is 0.161 e. The summed E-state index contributed by atoms with van der Waals surface area (Å²) in [6.45, 7) is 0. The lowest BCUT2D eigenvalue weighted by molar-refractivity contribution is 0.632. The molecule has 0 radical (unpaired) electrons. The smallest absolute Gasteiger partial charge is 0.161 e. The van der Waals surface area contributed by atoms with Gasteiger partial charge in [0.1, 0.15) is 5.82 Å². The number of aliphatic imine (C=N–C) groups is 1. The molecular formula is C16H14ClFN2S. The van der Waals surface area contributed by atoms with Gasteiger partial charge in [0.25, 0.3) is 0 Å². The molecule has 5 heteroatoms. The van der Waals surface area contributed by atoms with Crippen LogP contribution in [0.15, 0.2) is 53.5 Å². The molecule has 1 N–H and O–H groups in total. The Balaban J connectivity index is 1.67. The lowest BCUT2D eigenvalue weighted by Crippen LogP contribution is -2.09. The average molecular weight is 321 g/mol. The Bertz CT molecular complexity index is 661. The molecule has 1 atom stereocenters. The number of nitrogens with zero attached hydrogens (tertiary/aromatic N) is 1. The topological polar surface area (TPSA) is 24.4 Å². The second kappa shape index (κ2) is 6.50. The van der Waals surface area contributed by atoms with E-state index in [1.54, 1.807) is 17.8 Å². The van der Waals surface area contributed by atoms with Gasteiger partial charge >= 0.3 is 0 Å². The molecule has 1 heterocycles. The Kier molecular flexibility index (Phi) is 4.46. The largest absolute Gasteiger partial charge is 0.333 e. The van der Waals surface area contributed by atoms with E-state index >= 15 is 0 Å². The van der Waals surface area contributed by atoms with Crippen molar-refractivity contribution in [3.8, 4) is 0 Å². The SMILES string of the molecule is Fc1ccc(Cl)cc1NC1=NC(Cc2ccccc2)CS1. The summed E-state index contributed by atoms with van der Waals surface area (Å²) in [6.07, 6.45) is 0.900. The number of halogens is 2. The zero-order valence-corrected chi connectivity index (χ0v) is 12.8. The van der Waals surface area contributed by atoms with Crippen LogP contribution < -0.4 is 5.32 Å². The first kappa shape index (κ1) is 14.4. The van der Waals surface area contributed by atoms with Crippen LogP contribution in [0.5, 0.6) is 0 Å². The van der Waals surface area contributed by atoms with Crippen LogP contribution in [0.4, 0.5) is 10.1 Å².